The van der Waals surface area contributed by atoms with Crippen molar-refractivity contribution < 1.29 is 14.3 Å². The summed E-state index contributed by atoms with van der Waals surface area (Å²) >= 11 is 0. The standard InChI is InChI=1S/C25H40O3/c1-5-6-7-8-9-10-11-12-13-14-15-16-17-18-19-20-21-22-23-28-25(2,3)24(26)27-4/h6-7,9-10,12-13,15-16,18-19H,5,8,11,14,17,20-23H2,1-4H3/b7-6-,10-9-,13-12-,16-15-,19-18-. The Balaban J connectivity index is 3.58. The summed E-state index contributed by atoms with van der Waals surface area (Å²) in [7, 11) is 1.38. The lowest BCUT2D eigenvalue weighted by Gasteiger charge is -2.21. The van der Waals surface area contributed by atoms with E-state index in [1.807, 2.05) is 0 Å². The zero-order chi connectivity index (χ0) is 20.9. The van der Waals surface area contributed by atoms with E-state index in [1.54, 1.807) is 13.8 Å². The van der Waals surface area contributed by atoms with Crippen molar-refractivity contribution in [3.05, 3.63) is 60.8 Å². The van der Waals surface area contributed by atoms with Gasteiger partial charge in [0.05, 0.1) is 7.11 Å². The summed E-state index contributed by atoms with van der Waals surface area (Å²) in [5.74, 6) is -0.328. The van der Waals surface area contributed by atoms with Gasteiger partial charge >= 0.3 is 5.97 Å². The molecule has 0 aromatic carbocycles. The fourth-order valence-electron chi connectivity index (χ4n) is 2.36. The minimum Gasteiger partial charge on any atom is -0.467 e. The number of carbonyl (C=O) groups is 1. The summed E-state index contributed by atoms with van der Waals surface area (Å²) in [4.78, 5) is 11.5. The van der Waals surface area contributed by atoms with Crippen LogP contribution in [0.3, 0.4) is 0 Å². The molecule has 0 bridgehead atoms. The third-order valence-electron chi connectivity index (χ3n) is 4.06. The number of hydrogen-bond acceptors (Lipinski definition) is 3. The lowest BCUT2D eigenvalue weighted by Crippen LogP contribution is -2.36. The molecule has 3 heteroatoms. The number of hydrogen-bond donors (Lipinski definition) is 0. The smallest absolute Gasteiger partial charge is 0.337 e. The zero-order valence-corrected chi connectivity index (χ0v) is 18.4. The van der Waals surface area contributed by atoms with Crippen LogP contribution >= 0.6 is 0 Å². The number of esters is 1. The Bertz CT molecular complexity index is 522. The van der Waals surface area contributed by atoms with Gasteiger partial charge < -0.3 is 9.47 Å². The normalized spacial score (nSPS) is 13.1. The SMILES string of the molecule is CC/C=C\C/C=C\C/C=C\C/C=C\C/C=C\CCCCOC(C)(C)C(=O)OC. The van der Waals surface area contributed by atoms with Crippen molar-refractivity contribution in [3.8, 4) is 0 Å². The quantitative estimate of drug-likeness (QED) is 0.164. The molecule has 0 aromatic heterocycles. The molecule has 0 aliphatic heterocycles. The Morgan fingerprint density at radius 3 is 1.68 bits per heavy atom. The molecular formula is C25H40O3. The van der Waals surface area contributed by atoms with Crippen molar-refractivity contribution in [1.29, 1.82) is 0 Å². The highest BCUT2D eigenvalue weighted by Crippen LogP contribution is 2.12. The van der Waals surface area contributed by atoms with Gasteiger partial charge in [-0.25, -0.2) is 4.79 Å². The summed E-state index contributed by atoms with van der Waals surface area (Å²) in [6, 6.07) is 0. The highest BCUT2D eigenvalue weighted by Gasteiger charge is 2.29. The molecule has 0 heterocycles. The molecule has 0 fully saturated rings. The van der Waals surface area contributed by atoms with E-state index in [0.29, 0.717) is 6.61 Å². The van der Waals surface area contributed by atoms with E-state index in [0.717, 1.165) is 51.4 Å². The minimum absolute atomic E-state index is 0.328. The number of unbranched alkanes of at least 4 members (excludes halogenated alkanes) is 2. The van der Waals surface area contributed by atoms with Crippen molar-refractivity contribution >= 4 is 5.97 Å². The lowest BCUT2D eigenvalue weighted by molar-refractivity contribution is -0.165. The van der Waals surface area contributed by atoms with Crippen molar-refractivity contribution in [2.45, 2.75) is 77.7 Å². The predicted molar refractivity (Wildman–Crippen MR) is 120 cm³/mol. The summed E-state index contributed by atoms with van der Waals surface area (Å²) in [5.41, 5.74) is -0.855. The third kappa shape index (κ3) is 16.3. The molecule has 0 aliphatic carbocycles. The maximum atomic E-state index is 11.5. The topological polar surface area (TPSA) is 35.5 Å². The first-order chi connectivity index (χ1) is 13.5. The predicted octanol–water partition coefficient (Wildman–Crippen LogP) is 6.88. The first-order valence-corrected chi connectivity index (χ1v) is 10.5. The molecule has 0 radical (unpaired) electrons. The molecule has 0 aliphatic rings. The van der Waals surface area contributed by atoms with Crippen LogP contribution in [0.15, 0.2) is 60.8 Å². The largest absolute Gasteiger partial charge is 0.467 e. The van der Waals surface area contributed by atoms with Crippen molar-refractivity contribution in [2.24, 2.45) is 0 Å². The van der Waals surface area contributed by atoms with Gasteiger partial charge in [-0.2, -0.15) is 0 Å². The van der Waals surface area contributed by atoms with E-state index >= 15 is 0 Å². The van der Waals surface area contributed by atoms with Gasteiger partial charge in [0, 0.05) is 6.61 Å². The minimum atomic E-state index is -0.855. The van der Waals surface area contributed by atoms with Crippen LogP contribution in [0.4, 0.5) is 0 Å². The van der Waals surface area contributed by atoms with Gasteiger partial charge in [0.1, 0.15) is 0 Å². The Kier molecular flexibility index (Phi) is 17.3. The Labute approximate surface area is 172 Å². The van der Waals surface area contributed by atoms with Crippen LogP contribution in [0.1, 0.15) is 72.1 Å². The second kappa shape index (κ2) is 18.5. The first-order valence-electron chi connectivity index (χ1n) is 10.5. The summed E-state index contributed by atoms with van der Waals surface area (Å²) in [6.07, 6.45) is 30.2. The molecule has 0 amide bonds. The molecule has 0 spiro atoms. The third-order valence-corrected chi connectivity index (χ3v) is 4.06. The molecule has 0 saturated carbocycles. The molecule has 0 N–H and O–H groups in total. The number of rotatable bonds is 16. The first kappa shape index (κ1) is 26.1. The highest BCUT2D eigenvalue weighted by atomic mass is 16.6. The van der Waals surface area contributed by atoms with E-state index in [2.05, 4.69) is 67.7 Å². The van der Waals surface area contributed by atoms with E-state index in [4.69, 9.17) is 9.47 Å². The van der Waals surface area contributed by atoms with Gasteiger partial charge in [0.25, 0.3) is 0 Å². The lowest BCUT2D eigenvalue weighted by atomic mass is 10.1. The molecule has 0 aromatic rings. The number of ether oxygens (including phenoxy) is 2. The van der Waals surface area contributed by atoms with E-state index in [9.17, 15) is 4.79 Å². The maximum Gasteiger partial charge on any atom is 0.337 e. The van der Waals surface area contributed by atoms with Gasteiger partial charge in [-0.1, -0.05) is 67.7 Å². The van der Waals surface area contributed by atoms with Crippen LogP contribution in [-0.2, 0) is 14.3 Å². The Morgan fingerprint density at radius 1 is 0.750 bits per heavy atom. The van der Waals surface area contributed by atoms with Crippen LogP contribution in [0.25, 0.3) is 0 Å². The maximum absolute atomic E-state index is 11.5. The van der Waals surface area contributed by atoms with Crippen LogP contribution in [-0.4, -0.2) is 25.3 Å². The molecule has 158 valence electrons. The number of methoxy groups -OCH3 is 1. The van der Waals surface area contributed by atoms with Crippen LogP contribution in [0.2, 0.25) is 0 Å². The van der Waals surface area contributed by atoms with Gasteiger partial charge in [0.15, 0.2) is 5.60 Å². The van der Waals surface area contributed by atoms with Crippen LogP contribution < -0.4 is 0 Å². The van der Waals surface area contributed by atoms with Crippen LogP contribution in [0, 0.1) is 0 Å². The molecule has 0 saturated heterocycles. The van der Waals surface area contributed by atoms with E-state index in [-0.39, 0.29) is 5.97 Å². The zero-order valence-electron chi connectivity index (χ0n) is 18.4. The average molecular weight is 389 g/mol. The van der Waals surface area contributed by atoms with Crippen molar-refractivity contribution in [3.63, 3.8) is 0 Å². The van der Waals surface area contributed by atoms with Gasteiger partial charge in [-0.15, -0.1) is 0 Å². The molecule has 28 heavy (non-hydrogen) atoms. The van der Waals surface area contributed by atoms with Crippen molar-refractivity contribution in [1.82, 2.24) is 0 Å². The van der Waals surface area contributed by atoms with Gasteiger partial charge in [-0.05, 0) is 65.2 Å². The van der Waals surface area contributed by atoms with E-state index < -0.39 is 5.60 Å². The Hall–Kier alpha value is -1.87. The number of carbonyl (C=O) groups excluding carboxylic acids is 1. The average Bonchev–Trinajstić information content (AvgIpc) is 2.69. The number of allylic oxidation sites excluding steroid dienone is 10. The summed E-state index contributed by atoms with van der Waals surface area (Å²) < 4.78 is 10.3. The Morgan fingerprint density at radius 2 is 1.21 bits per heavy atom. The molecule has 0 atom stereocenters. The summed E-state index contributed by atoms with van der Waals surface area (Å²) in [5, 5.41) is 0. The molecular weight excluding hydrogens is 348 g/mol. The fraction of sp³-hybridized carbons (Fsp3) is 0.560. The second-order valence-electron chi connectivity index (χ2n) is 7.05. The van der Waals surface area contributed by atoms with Gasteiger partial charge in [0.2, 0.25) is 0 Å². The highest BCUT2D eigenvalue weighted by molar-refractivity contribution is 5.78. The fourth-order valence-corrected chi connectivity index (χ4v) is 2.36. The molecule has 0 rings (SSSR count). The monoisotopic (exact) mass is 388 g/mol. The molecule has 3 nitrogen and oxygen atoms in total. The van der Waals surface area contributed by atoms with Gasteiger partial charge in [-0.3, -0.25) is 0 Å². The van der Waals surface area contributed by atoms with Crippen LogP contribution in [0.5, 0.6) is 0 Å². The summed E-state index contributed by atoms with van der Waals surface area (Å²) in [6.45, 7) is 6.21. The second-order valence-corrected chi connectivity index (χ2v) is 7.05. The van der Waals surface area contributed by atoms with E-state index in [1.165, 1.54) is 7.11 Å². The molecule has 0 unspecified atom stereocenters. The van der Waals surface area contributed by atoms with Crippen molar-refractivity contribution in [2.75, 3.05) is 13.7 Å².